The minimum Gasteiger partial charge on any atom is -0.481 e. The van der Waals surface area contributed by atoms with E-state index in [1.165, 1.54) is 12.8 Å². The van der Waals surface area contributed by atoms with Crippen molar-refractivity contribution in [2.24, 2.45) is 5.92 Å². The number of pyridine rings is 1. The van der Waals surface area contributed by atoms with Crippen LogP contribution in [0, 0.1) is 5.92 Å². The van der Waals surface area contributed by atoms with Crippen LogP contribution in [0.2, 0.25) is 0 Å². The van der Waals surface area contributed by atoms with Crippen LogP contribution in [0.25, 0.3) is 0 Å². The third-order valence-electron chi connectivity index (χ3n) is 5.91. The second kappa shape index (κ2) is 8.44. The van der Waals surface area contributed by atoms with E-state index >= 15 is 0 Å². The fourth-order valence-electron chi connectivity index (χ4n) is 3.77. The summed E-state index contributed by atoms with van der Waals surface area (Å²) in [5, 5.41) is 9.42. The van der Waals surface area contributed by atoms with Crippen molar-refractivity contribution in [3.63, 3.8) is 0 Å². The van der Waals surface area contributed by atoms with E-state index in [1.807, 2.05) is 31.7 Å². The highest BCUT2D eigenvalue weighted by atomic mass is 16.6. The van der Waals surface area contributed by atoms with Crippen LogP contribution in [0.5, 0.6) is 0 Å². The van der Waals surface area contributed by atoms with E-state index in [1.54, 1.807) is 26.1 Å². The van der Waals surface area contributed by atoms with E-state index < -0.39 is 17.0 Å². The van der Waals surface area contributed by atoms with Gasteiger partial charge < -0.3 is 19.6 Å². The molecular formula is C23H35N3O4. The molecule has 166 valence electrons. The highest BCUT2D eigenvalue weighted by Crippen LogP contribution is 2.33. The van der Waals surface area contributed by atoms with Crippen molar-refractivity contribution in [2.45, 2.75) is 77.4 Å². The summed E-state index contributed by atoms with van der Waals surface area (Å²) in [6.07, 6.45) is 5.83. The highest BCUT2D eigenvalue weighted by Gasteiger charge is 2.36. The van der Waals surface area contributed by atoms with Gasteiger partial charge in [0.05, 0.1) is 23.6 Å². The number of nitrogens with zero attached hydrogens (tertiary/aromatic N) is 3. The van der Waals surface area contributed by atoms with E-state index in [9.17, 15) is 14.7 Å². The topological polar surface area (TPSA) is 83.0 Å². The third-order valence-corrected chi connectivity index (χ3v) is 5.91. The van der Waals surface area contributed by atoms with Crippen molar-refractivity contribution >= 4 is 17.7 Å². The molecule has 7 heteroatoms. The SMILES string of the molecule is CC(C)(C)OC(=O)N(CC1CC1)[C@@H]1CCCN(c2ccc(C(C)(C)C(=O)O)nc2)C1. The number of carbonyl (C=O) groups is 2. The predicted octanol–water partition coefficient (Wildman–Crippen LogP) is 4.06. The lowest BCUT2D eigenvalue weighted by Crippen LogP contribution is -2.52. The van der Waals surface area contributed by atoms with E-state index in [0.29, 0.717) is 11.6 Å². The number of aromatic nitrogens is 1. The van der Waals surface area contributed by atoms with Gasteiger partial charge in [0.25, 0.3) is 0 Å². The van der Waals surface area contributed by atoms with Crippen LogP contribution >= 0.6 is 0 Å². The van der Waals surface area contributed by atoms with Gasteiger partial charge in [0.2, 0.25) is 0 Å². The Hall–Kier alpha value is -2.31. The van der Waals surface area contributed by atoms with Gasteiger partial charge in [-0.25, -0.2) is 4.79 Å². The number of anilines is 1. The van der Waals surface area contributed by atoms with Crippen LogP contribution in [0.4, 0.5) is 10.5 Å². The quantitative estimate of drug-likeness (QED) is 0.752. The standard InChI is InChI=1S/C23H35N3O4/c1-22(2,3)30-21(29)26(14-16-8-9-16)18-7-6-12-25(15-18)17-10-11-19(24-13-17)23(4,5)20(27)28/h10-11,13,16,18H,6-9,12,14-15H2,1-5H3,(H,27,28)/t18-/m1/s1. The minimum atomic E-state index is -1.03. The van der Waals surface area contributed by atoms with Crippen molar-refractivity contribution in [3.05, 3.63) is 24.0 Å². The molecule has 0 aromatic carbocycles. The first-order valence-corrected chi connectivity index (χ1v) is 10.9. The monoisotopic (exact) mass is 417 g/mol. The van der Waals surface area contributed by atoms with Gasteiger partial charge in [-0.3, -0.25) is 9.78 Å². The number of carbonyl (C=O) groups excluding carboxylic acids is 1. The Morgan fingerprint density at radius 3 is 2.43 bits per heavy atom. The lowest BCUT2D eigenvalue weighted by Gasteiger charge is -2.40. The van der Waals surface area contributed by atoms with Crippen LogP contribution in [-0.2, 0) is 14.9 Å². The Kier molecular flexibility index (Phi) is 6.29. The van der Waals surface area contributed by atoms with E-state index in [4.69, 9.17) is 4.74 Å². The molecule has 0 bridgehead atoms. The van der Waals surface area contributed by atoms with Crippen molar-refractivity contribution < 1.29 is 19.4 Å². The number of piperidine rings is 1. The number of aliphatic carboxylic acids is 1. The molecule has 1 amide bonds. The Morgan fingerprint density at radius 1 is 1.20 bits per heavy atom. The van der Waals surface area contributed by atoms with Crippen molar-refractivity contribution in [3.8, 4) is 0 Å². The fraction of sp³-hybridized carbons (Fsp3) is 0.696. The molecule has 0 spiro atoms. The van der Waals surface area contributed by atoms with Gasteiger partial charge >= 0.3 is 12.1 Å². The number of carboxylic acid groups (broad SMARTS) is 1. The number of hydrogen-bond donors (Lipinski definition) is 1. The van der Waals surface area contributed by atoms with Gasteiger partial charge in [0.1, 0.15) is 11.0 Å². The van der Waals surface area contributed by atoms with Gasteiger partial charge in [-0.05, 0) is 78.4 Å². The smallest absolute Gasteiger partial charge is 0.410 e. The first-order chi connectivity index (χ1) is 14.0. The molecule has 1 aromatic heterocycles. The molecule has 2 aliphatic rings. The van der Waals surface area contributed by atoms with Crippen molar-refractivity contribution in [2.75, 3.05) is 24.5 Å². The summed E-state index contributed by atoms with van der Waals surface area (Å²) in [5.74, 6) is -0.305. The van der Waals surface area contributed by atoms with Crippen molar-refractivity contribution in [1.29, 1.82) is 0 Å². The predicted molar refractivity (Wildman–Crippen MR) is 116 cm³/mol. The molecule has 0 radical (unpaired) electrons. The summed E-state index contributed by atoms with van der Waals surface area (Å²) in [4.78, 5) is 33.0. The van der Waals surface area contributed by atoms with Gasteiger partial charge in [-0.1, -0.05) is 0 Å². The van der Waals surface area contributed by atoms with E-state index in [2.05, 4.69) is 9.88 Å². The number of carboxylic acids is 1. The Balaban J connectivity index is 1.72. The van der Waals surface area contributed by atoms with Crippen LogP contribution in [0.15, 0.2) is 18.3 Å². The molecule has 7 nitrogen and oxygen atoms in total. The first kappa shape index (κ1) is 22.4. The second-order valence-corrected chi connectivity index (χ2v) is 10.1. The maximum atomic E-state index is 12.9. The van der Waals surface area contributed by atoms with Gasteiger partial charge in [0.15, 0.2) is 0 Å². The third kappa shape index (κ3) is 5.43. The summed E-state index contributed by atoms with van der Waals surface area (Å²) in [7, 11) is 0. The van der Waals surface area contributed by atoms with Gasteiger partial charge in [-0.15, -0.1) is 0 Å². The van der Waals surface area contributed by atoms with Gasteiger partial charge in [-0.2, -0.15) is 0 Å². The molecule has 1 atom stereocenters. The zero-order valence-corrected chi connectivity index (χ0v) is 18.9. The first-order valence-electron chi connectivity index (χ1n) is 10.9. The number of rotatable bonds is 6. The molecule has 30 heavy (non-hydrogen) atoms. The number of ether oxygens (including phenoxy) is 1. The largest absolute Gasteiger partial charge is 0.481 e. The summed E-state index contributed by atoms with van der Waals surface area (Å²) in [6.45, 7) is 11.4. The average molecular weight is 418 g/mol. The molecule has 2 fully saturated rings. The lowest BCUT2D eigenvalue weighted by molar-refractivity contribution is -0.142. The summed E-state index contributed by atoms with van der Waals surface area (Å²) in [5.41, 5.74) is -0.0402. The van der Waals surface area contributed by atoms with Crippen LogP contribution < -0.4 is 4.90 Å². The van der Waals surface area contributed by atoms with Crippen LogP contribution in [0.3, 0.4) is 0 Å². The molecule has 1 aliphatic carbocycles. The molecule has 1 saturated carbocycles. The van der Waals surface area contributed by atoms with Crippen LogP contribution in [-0.4, -0.2) is 58.3 Å². The minimum absolute atomic E-state index is 0.101. The Bertz CT molecular complexity index is 766. The molecule has 1 saturated heterocycles. The molecule has 2 heterocycles. The van der Waals surface area contributed by atoms with Gasteiger partial charge in [0, 0.05) is 19.6 Å². The normalized spacial score (nSPS) is 20.0. The Labute approximate surface area is 179 Å². The maximum absolute atomic E-state index is 12.9. The summed E-state index contributed by atoms with van der Waals surface area (Å²) in [6, 6.07) is 3.83. The fourth-order valence-corrected chi connectivity index (χ4v) is 3.77. The van der Waals surface area contributed by atoms with E-state index in [0.717, 1.165) is 38.2 Å². The zero-order chi connectivity index (χ0) is 22.1. The zero-order valence-electron chi connectivity index (χ0n) is 18.9. The highest BCUT2D eigenvalue weighted by molar-refractivity contribution is 5.79. The number of hydrogen-bond acceptors (Lipinski definition) is 5. The van der Waals surface area contributed by atoms with Crippen molar-refractivity contribution in [1.82, 2.24) is 9.88 Å². The molecule has 1 N–H and O–H groups in total. The average Bonchev–Trinajstić information content (AvgIpc) is 3.49. The molecule has 1 aliphatic heterocycles. The summed E-state index contributed by atoms with van der Waals surface area (Å²) < 4.78 is 5.70. The Morgan fingerprint density at radius 2 is 1.90 bits per heavy atom. The molecule has 3 rings (SSSR count). The molecule has 1 aromatic rings. The molecular weight excluding hydrogens is 382 g/mol. The lowest BCUT2D eigenvalue weighted by atomic mass is 9.89. The van der Waals surface area contributed by atoms with E-state index in [-0.39, 0.29) is 12.1 Å². The molecule has 0 unspecified atom stereocenters. The second-order valence-electron chi connectivity index (χ2n) is 10.1. The summed E-state index contributed by atoms with van der Waals surface area (Å²) >= 11 is 0. The maximum Gasteiger partial charge on any atom is 0.410 e. The van der Waals surface area contributed by atoms with Crippen LogP contribution in [0.1, 0.15) is 66.0 Å². The number of amides is 1.